The van der Waals surface area contributed by atoms with E-state index in [0.717, 1.165) is 43.3 Å². The van der Waals surface area contributed by atoms with Crippen molar-refractivity contribution in [3.8, 4) is 0 Å². The summed E-state index contributed by atoms with van der Waals surface area (Å²) in [6, 6.07) is 18.3. The third kappa shape index (κ3) is 3.01. The lowest BCUT2D eigenvalue weighted by molar-refractivity contribution is -0.132. The van der Waals surface area contributed by atoms with Gasteiger partial charge in [-0.1, -0.05) is 54.1 Å². The molecule has 1 saturated carbocycles. The zero-order valence-corrected chi connectivity index (χ0v) is 14.3. The van der Waals surface area contributed by atoms with E-state index in [4.69, 9.17) is 11.6 Å². The van der Waals surface area contributed by atoms with E-state index in [1.54, 1.807) is 0 Å². The standard InChI is InChI=1S/C20H21ClN2O/c21-18-8-4-5-9-19(18)22-10-12-23(13-11-22)20(24)17-14-16(17)15-6-2-1-3-7-15/h1-9,16-17H,10-14H2/t16-,17+/m1/s1. The second-order valence-electron chi connectivity index (χ2n) is 6.62. The maximum atomic E-state index is 12.7. The number of para-hydroxylation sites is 1. The topological polar surface area (TPSA) is 23.6 Å². The number of benzene rings is 2. The minimum atomic E-state index is 0.180. The van der Waals surface area contributed by atoms with Crippen LogP contribution in [0.15, 0.2) is 54.6 Å². The van der Waals surface area contributed by atoms with Gasteiger partial charge in [0, 0.05) is 32.1 Å². The summed E-state index contributed by atoms with van der Waals surface area (Å²) < 4.78 is 0. The summed E-state index contributed by atoms with van der Waals surface area (Å²) in [6.45, 7) is 3.25. The third-order valence-electron chi connectivity index (χ3n) is 5.12. The van der Waals surface area contributed by atoms with Crippen LogP contribution in [0.4, 0.5) is 5.69 Å². The molecule has 0 aromatic heterocycles. The molecule has 1 amide bonds. The van der Waals surface area contributed by atoms with Crippen LogP contribution in [0.1, 0.15) is 17.9 Å². The van der Waals surface area contributed by atoms with Crippen LogP contribution in [-0.2, 0) is 4.79 Å². The number of anilines is 1. The van der Waals surface area contributed by atoms with Gasteiger partial charge >= 0.3 is 0 Å². The number of carbonyl (C=O) groups excluding carboxylic acids is 1. The second kappa shape index (κ2) is 6.48. The summed E-state index contributed by atoms with van der Waals surface area (Å²) in [5.41, 5.74) is 2.37. The Hall–Kier alpha value is -2.00. The van der Waals surface area contributed by atoms with Crippen LogP contribution in [0.25, 0.3) is 0 Å². The quantitative estimate of drug-likeness (QED) is 0.848. The molecule has 1 aliphatic carbocycles. The Bertz CT molecular complexity index is 725. The summed E-state index contributed by atoms with van der Waals surface area (Å²) in [5, 5.41) is 0.781. The van der Waals surface area contributed by atoms with Crippen LogP contribution < -0.4 is 4.90 Å². The smallest absolute Gasteiger partial charge is 0.226 e. The average molecular weight is 341 g/mol. The van der Waals surface area contributed by atoms with E-state index in [-0.39, 0.29) is 5.92 Å². The number of amides is 1. The first-order chi connectivity index (χ1) is 11.7. The van der Waals surface area contributed by atoms with Gasteiger partial charge < -0.3 is 9.80 Å². The molecular formula is C20H21ClN2O. The first-order valence-electron chi connectivity index (χ1n) is 8.57. The van der Waals surface area contributed by atoms with Crippen LogP contribution in [0.5, 0.6) is 0 Å². The number of carbonyl (C=O) groups is 1. The minimum Gasteiger partial charge on any atom is -0.367 e. The van der Waals surface area contributed by atoms with Crippen molar-refractivity contribution in [3.63, 3.8) is 0 Å². The molecular weight excluding hydrogens is 320 g/mol. The fourth-order valence-corrected chi connectivity index (χ4v) is 3.90. The zero-order chi connectivity index (χ0) is 16.5. The Morgan fingerprint density at radius 1 is 0.917 bits per heavy atom. The molecule has 2 aromatic rings. The van der Waals surface area contributed by atoms with Gasteiger partial charge in [-0.05, 0) is 30.0 Å². The Morgan fingerprint density at radius 3 is 2.29 bits per heavy atom. The van der Waals surface area contributed by atoms with Gasteiger partial charge in [-0.25, -0.2) is 0 Å². The van der Waals surface area contributed by atoms with Gasteiger partial charge in [0.05, 0.1) is 10.7 Å². The van der Waals surface area contributed by atoms with E-state index in [1.165, 1.54) is 5.56 Å². The number of hydrogen-bond acceptors (Lipinski definition) is 2. The van der Waals surface area contributed by atoms with Crippen molar-refractivity contribution < 1.29 is 4.79 Å². The molecule has 0 bridgehead atoms. The molecule has 3 nitrogen and oxygen atoms in total. The largest absolute Gasteiger partial charge is 0.367 e. The third-order valence-corrected chi connectivity index (χ3v) is 5.44. The van der Waals surface area contributed by atoms with Crippen molar-refractivity contribution in [2.75, 3.05) is 31.1 Å². The Kier molecular flexibility index (Phi) is 4.19. The number of rotatable bonds is 3. The Labute approximate surface area is 147 Å². The van der Waals surface area contributed by atoms with Crippen LogP contribution in [0, 0.1) is 5.92 Å². The van der Waals surface area contributed by atoms with Gasteiger partial charge in [-0.3, -0.25) is 4.79 Å². The summed E-state index contributed by atoms with van der Waals surface area (Å²) in [4.78, 5) is 17.0. The number of piperazine rings is 1. The predicted molar refractivity (Wildman–Crippen MR) is 97.5 cm³/mol. The van der Waals surface area contributed by atoms with Crippen molar-refractivity contribution in [3.05, 3.63) is 65.2 Å². The molecule has 4 heteroatoms. The average Bonchev–Trinajstić information content (AvgIpc) is 3.43. The van der Waals surface area contributed by atoms with Gasteiger partial charge in [0.2, 0.25) is 5.91 Å². The van der Waals surface area contributed by atoms with E-state index >= 15 is 0 Å². The molecule has 2 aromatic carbocycles. The van der Waals surface area contributed by atoms with Crippen molar-refractivity contribution in [2.24, 2.45) is 5.92 Å². The van der Waals surface area contributed by atoms with E-state index in [0.29, 0.717) is 11.8 Å². The lowest BCUT2D eigenvalue weighted by Gasteiger charge is -2.36. The molecule has 1 saturated heterocycles. The van der Waals surface area contributed by atoms with Gasteiger partial charge in [-0.2, -0.15) is 0 Å². The van der Waals surface area contributed by atoms with E-state index in [1.807, 2.05) is 35.2 Å². The fourth-order valence-electron chi connectivity index (χ4n) is 3.65. The Balaban J connectivity index is 1.35. The van der Waals surface area contributed by atoms with E-state index in [9.17, 15) is 4.79 Å². The van der Waals surface area contributed by atoms with Gasteiger partial charge in [0.1, 0.15) is 0 Å². The molecule has 4 rings (SSSR count). The lowest BCUT2D eigenvalue weighted by atomic mass is 10.1. The first-order valence-corrected chi connectivity index (χ1v) is 8.95. The molecule has 0 N–H and O–H groups in total. The predicted octanol–water partition coefficient (Wildman–Crippen LogP) is 3.79. The highest BCUT2D eigenvalue weighted by Crippen LogP contribution is 2.48. The Morgan fingerprint density at radius 2 is 1.58 bits per heavy atom. The monoisotopic (exact) mass is 340 g/mol. The van der Waals surface area contributed by atoms with Crippen molar-refractivity contribution in [2.45, 2.75) is 12.3 Å². The first kappa shape index (κ1) is 15.5. The summed E-state index contributed by atoms with van der Waals surface area (Å²) in [5.74, 6) is 0.919. The SMILES string of the molecule is O=C([C@H]1C[C@@H]1c1ccccc1)N1CCN(c2ccccc2Cl)CC1. The van der Waals surface area contributed by atoms with E-state index in [2.05, 4.69) is 29.2 Å². The van der Waals surface area contributed by atoms with E-state index < -0.39 is 0 Å². The van der Waals surface area contributed by atoms with Crippen LogP contribution in [0.2, 0.25) is 5.02 Å². The molecule has 0 spiro atoms. The molecule has 0 radical (unpaired) electrons. The summed E-state index contributed by atoms with van der Waals surface area (Å²) in [7, 11) is 0. The summed E-state index contributed by atoms with van der Waals surface area (Å²) in [6.07, 6.45) is 0.994. The molecule has 2 aliphatic rings. The number of nitrogens with zero attached hydrogens (tertiary/aromatic N) is 2. The highest BCUT2D eigenvalue weighted by molar-refractivity contribution is 6.33. The lowest BCUT2D eigenvalue weighted by Crippen LogP contribution is -2.49. The van der Waals surface area contributed by atoms with Gasteiger partial charge in [0.25, 0.3) is 0 Å². The molecule has 24 heavy (non-hydrogen) atoms. The van der Waals surface area contributed by atoms with Gasteiger partial charge in [-0.15, -0.1) is 0 Å². The fraction of sp³-hybridized carbons (Fsp3) is 0.350. The van der Waals surface area contributed by atoms with Crippen molar-refractivity contribution in [1.29, 1.82) is 0 Å². The van der Waals surface area contributed by atoms with Crippen LogP contribution >= 0.6 is 11.6 Å². The molecule has 1 aliphatic heterocycles. The molecule has 124 valence electrons. The maximum absolute atomic E-state index is 12.7. The number of hydrogen-bond donors (Lipinski definition) is 0. The van der Waals surface area contributed by atoms with Crippen molar-refractivity contribution in [1.82, 2.24) is 4.90 Å². The highest BCUT2D eigenvalue weighted by Gasteiger charge is 2.45. The zero-order valence-electron chi connectivity index (χ0n) is 13.6. The molecule has 2 atom stereocenters. The van der Waals surface area contributed by atoms with Crippen LogP contribution in [0.3, 0.4) is 0 Å². The summed E-state index contributed by atoms with van der Waals surface area (Å²) >= 11 is 6.28. The molecule has 1 heterocycles. The molecule has 2 fully saturated rings. The minimum absolute atomic E-state index is 0.180. The highest BCUT2D eigenvalue weighted by atomic mass is 35.5. The number of halogens is 1. The molecule has 0 unspecified atom stereocenters. The second-order valence-corrected chi connectivity index (χ2v) is 7.03. The normalized spacial score (nSPS) is 23.2. The van der Waals surface area contributed by atoms with Crippen LogP contribution in [-0.4, -0.2) is 37.0 Å². The van der Waals surface area contributed by atoms with Gasteiger partial charge in [0.15, 0.2) is 0 Å². The maximum Gasteiger partial charge on any atom is 0.226 e. The van der Waals surface area contributed by atoms with Crippen molar-refractivity contribution >= 4 is 23.2 Å².